The van der Waals surface area contributed by atoms with Crippen LogP contribution < -0.4 is 15.4 Å². The van der Waals surface area contributed by atoms with E-state index >= 15 is 0 Å². The Hall–Kier alpha value is -3.63. The van der Waals surface area contributed by atoms with Crippen molar-refractivity contribution >= 4 is 40.1 Å². The summed E-state index contributed by atoms with van der Waals surface area (Å²) in [4.78, 5) is 20.9. The summed E-state index contributed by atoms with van der Waals surface area (Å²) in [6.45, 7) is 0.850. The third-order valence-corrected chi connectivity index (χ3v) is 4.23. The molecule has 4 rings (SSSR count). The van der Waals surface area contributed by atoms with Gasteiger partial charge in [0.1, 0.15) is 16.8 Å². The van der Waals surface area contributed by atoms with Crippen LogP contribution in [0.15, 0.2) is 45.2 Å². The third kappa shape index (κ3) is 4.34. The van der Waals surface area contributed by atoms with Gasteiger partial charge in [-0.2, -0.15) is 9.97 Å². The fourth-order valence-electron chi connectivity index (χ4n) is 2.80. The first kappa shape index (κ1) is 19.7. The molecule has 0 aliphatic rings. The summed E-state index contributed by atoms with van der Waals surface area (Å²) in [5, 5.41) is 14.3. The van der Waals surface area contributed by atoms with Crippen molar-refractivity contribution in [3.63, 3.8) is 0 Å². The second-order valence-electron chi connectivity index (χ2n) is 6.27. The van der Waals surface area contributed by atoms with Gasteiger partial charge in [-0.15, -0.1) is 0 Å². The molecule has 0 bridgehead atoms. The molecule has 0 aliphatic heterocycles. The topological polar surface area (TPSA) is 132 Å². The zero-order chi connectivity index (χ0) is 20.9. The van der Waals surface area contributed by atoms with Gasteiger partial charge in [-0.3, -0.25) is 10.1 Å². The summed E-state index contributed by atoms with van der Waals surface area (Å²) in [6.07, 6.45) is 0. The Bertz CT molecular complexity index is 1170. The molecule has 0 spiro atoms. The number of carbonyl (C=O) groups excluding carboxylic acids is 1. The average Bonchev–Trinajstić information content (AvgIpc) is 3.34. The highest BCUT2D eigenvalue weighted by Crippen LogP contribution is 2.27. The number of carbonyl (C=O) groups is 1. The van der Waals surface area contributed by atoms with Gasteiger partial charge in [0.25, 0.3) is 5.91 Å². The zero-order valence-electron chi connectivity index (χ0n) is 16.2. The standard InChI is InChI=1S/C20H20N4O6/c1-27-13-3-4-14-17(11-13)30-19(22-14)24-20-23-15-10-12(2-5-16(15)29-20)18(26)21-6-8-28-9-7-25/h2-5,10-11,25H,6-9H2,1H3,(H,21,26)(H,22,23,24). The first-order valence-electron chi connectivity index (χ1n) is 9.25. The van der Waals surface area contributed by atoms with E-state index in [4.69, 9.17) is 23.4 Å². The van der Waals surface area contributed by atoms with E-state index in [1.807, 2.05) is 0 Å². The molecule has 2 aromatic heterocycles. The number of methoxy groups -OCH3 is 1. The summed E-state index contributed by atoms with van der Waals surface area (Å²) in [5.41, 5.74) is 2.70. The summed E-state index contributed by atoms with van der Waals surface area (Å²) in [7, 11) is 1.58. The van der Waals surface area contributed by atoms with E-state index in [0.717, 1.165) is 0 Å². The van der Waals surface area contributed by atoms with Crippen LogP contribution in [0.3, 0.4) is 0 Å². The van der Waals surface area contributed by atoms with Gasteiger partial charge in [-0.05, 0) is 30.3 Å². The van der Waals surface area contributed by atoms with Gasteiger partial charge in [-0.25, -0.2) is 0 Å². The lowest BCUT2D eigenvalue weighted by molar-refractivity contribution is 0.0838. The van der Waals surface area contributed by atoms with E-state index in [2.05, 4.69) is 20.6 Å². The number of benzene rings is 2. The largest absolute Gasteiger partial charge is 0.497 e. The van der Waals surface area contributed by atoms with Crippen molar-refractivity contribution in [3.8, 4) is 5.75 Å². The Labute approximate surface area is 170 Å². The molecule has 1 amide bonds. The Morgan fingerprint density at radius 3 is 2.63 bits per heavy atom. The fourth-order valence-corrected chi connectivity index (χ4v) is 2.80. The molecule has 2 aromatic carbocycles. The van der Waals surface area contributed by atoms with Crippen molar-refractivity contribution in [2.45, 2.75) is 0 Å². The number of aliphatic hydroxyl groups is 1. The van der Waals surface area contributed by atoms with Crippen LogP contribution in [-0.2, 0) is 4.74 Å². The Morgan fingerprint density at radius 1 is 1.03 bits per heavy atom. The molecule has 30 heavy (non-hydrogen) atoms. The van der Waals surface area contributed by atoms with Crippen molar-refractivity contribution in [2.75, 3.05) is 38.8 Å². The molecule has 2 heterocycles. The van der Waals surface area contributed by atoms with Crippen LogP contribution in [0.2, 0.25) is 0 Å². The van der Waals surface area contributed by atoms with Gasteiger partial charge in [0.2, 0.25) is 0 Å². The number of aromatic nitrogens is 2. The number of hydrogen-bond donors (Lipinski definition) is 3. The van der Waals surface area contributed by atoms with Crippen LogP contribution in [-0.4, -0.2) is 54.5 Å². The Kier molecular flexibility index (Phi) is 5.77. The van der Waals surface area contributed by atoms with E-state index in [1.54, 1.807) is 43.5 Å². The number of amides is 1. The molecule has 0 aliphatic carbocycles. The van der Waals surface area contributed by atoms with Crippen molar-refractivity contribution in [1.29, 1.82) is 0 Å². The minimum absolute atomic E-state index is 0.0507. The molecule has 4 aromatic rings. The minimum Gasteiger partial charge on any atom is -0.497 e. The molecule has 10 nitrogen and oxygen atoms in total. The Morgan fingerprint density at radius 2 is 1.83 bits per heavy atom. The normalized spacial score (nSPS) is 11.1. The van der Waals surface area contributed by atoms with Gasteiger partial charge in [0.15, 0.2) is 11.2 Å². The van der Waals surface area contributed by atoms with Gasteiger partial charge in [0.05, 0.1) is 26.9 Å². The van der Waals surface area contributed by atoms with Gasteiger partial charge in [-0.1, -0.05) is 0 Å². The minimum atomic E-state index is -0.255. The highest BCUT2D eigenvalue weighted by atomic mass is 16.5. The molecule has 3 N–H and O–H groups in total. The van der Waals surface area contributed by atoms with Crippen LogP contribution in [0.25, 0.3) is 22.2 Å². The third-order valence-electron chi connectivity index (χ3n) is 4.23. The van der Waals surface area contributed by atoms with Crippen LogP contribution in [0.4, 0.5) is 12.0 Å². The molecule has 10 heteroatoms. The van der Waals surface area contributed by atoms with Gasteiger partial charge in [0, 0.05) is 18.2 Å². The molecule has 0 atom stereocenters. The number of rotatable bonds is 9. The Balaban J connectivity index is 1.45. The van der Waals surface area contributed by atoms with E-state index < -0.39 is 0 Å². The van der Waals surface area contributed by atoms with Gasteiger partial charge < -0.3 is 28.7 Å². The highest BCUT2D eigenvalue weighted by molar-refractivity contribution is 5.97. The number of nitrogens with one attached hydrogen (secondary N) is 2. The van der Waals surface area contributed by atoms with Crippen LogP contribution in [0.1, 0.15) is 10.4 Å². The van der Waals surface area contributed by atoms with E-state index in [9.17, 15) is 4.79 Å². The number of aliphatic hydroxyl groups excluding tert-OH is 1. The smallest absolute Gasteiger partial charge is 0.303 e. The summed E-state index contributed by atoms with van der Waals surface area (Å²) in [6, 6.07) is 10.7. The summed E-state index contributed by atoms with van der Waals surface area (Å²) >= 11 is 0. The number of hydrogen-bond acceptors (Lipinski definition) is 9. The number of fused-ring (bicyclic) bond motifs is 2. The fraction of sp³-hybridized carbons (Fsp3) is 0.250. The van der Waals surface area contributed by atoms with E-state index in [1.165, 1.54) is 0 Å². The summed E-state index contributed by atoms with van der Waals surface area (Å²) < 4.78 is 21.6. The SMILES string of the molecule is COc1ccc2nc(Nc3nc4cc(C(=O)NCCOCCO)ccc4o3)oc2c1. The maximum atomic E-state index is 12.2. The zero-order valence-corrected chi connectivity index (χ0v) is 16.2. The predicted octanol–water partition coefficient (Wildman–Crippen LogP) is 2.46. The molecule has 0 fully saturated rings. The first-order valence-corrected chi connectivity index (χ1v) is 9.25. The lowest BCUT2D eigenvalue weighted by Crippen LogP contribution is -2.27. The first-order chi connectivity index (χ1) is 14.7. The molecule has 0 unspecified atom stereocenters. The number of oxazole rings is 2. The number of nitrogens with zero attached hydrogens (tertiary/aromatic N) is 2. The second kappa shape index (κ2) is 8.80. The van der Waals surface area contributed by atoms with Crippen molar-refractivity contribution in [1.82, 2.24) is 15.3 Å². The maximum absolute atomic E-state index is 12.2. The number of anilines is 2. The molecule has 0 radical (unpaired) electrons. The van der Waals surface area contributed by atoms with Gasteiger partial charge >= 0.3 is 12.0 Å². The van der Waals surface area contributed by atoms with E-state index in [-0.39, 0.29) is 31.2 Å². The van der Waals surface area contributed by atoms with Crippen LogP contribution in [0.5, 0.6) is 5.75 Å². The average molecular weight is 412 g/mol. The summed E-state index contributed by atoms with van der Waals surface area (Å²) in [5.74, 6) is 0.410. The molecule has 0 saturated carbocycles. The van der Waals surface area contributed by atoms with E-state index in [0.29, 0.717) is 46.7 Å². The molecule has 156 valence electrons. The van der Waals surface area contributed by atoms with Crippen molar-refractivity contribution in [2.24, 2.45) is 0 Å². The monoisotopic (exact) mass is 412 g/mol. The second-order valence-corrected chi connectivity index (χ2v) is 6.27. The molecular formula is C20H20N4O6. The lowest BCUT2D eigenvalue weighted by Gasteiger charge is -2.05. The van der Waals surface area contributed by atoms with Crippen LogP contribution in [0, 0.1) is 0 Å². The van der Waals surface area contributed by atoms with Crippen LogP contribution >= 0.6 is 0 Å². The quantitative estimate of drug-likeness (QED) is 0.355. The molecular weight excluding hydrogens is 392 g/mol. The van der Waals surface area contributed by atoms with Crippen molar-refractivity contribution < 1.29 is 28.2 Å². The predicted molar refractivity (Wildman–Crippen MR) is 108 cm³/mol. The maximum Gasteiger partial charge on any atom is 0.303 e. The van der Waals surface area contributed by atoms with Crippen molar-refractivity contribution in [3.05, 3.63) is 42.0 Å². The molecule has 0 saturated heterocycles. The lowest BCUT2D eigenvalue weighted by atomic mass is 10.2. The number of ether oxygens (including phenoxy) is 2. The highest BCUT2D eigenvalue weighted by Gasteiger charge is 2.13.